The van der Waals surface area contributed by atoms with Crippen LogP contribution in [0.2, 0.25) is 0 Å². The fourth-order valence-corrected chi connectivity index (χ4v) is 5.05. The van der Waals surface area contributed by atoms with Crippen LogP contribution in [-0.2, 0) is 35.2 Å². The van der Waals surface area contributed by atoms with Gasteiger partial charge < -0.3 is 53.8 Å². The van der Waals surface area contributed by atoms with Gasteiger partial charge in [-0.15, -0.1) is 0 Å². The lowest BCUT2D eigenvalue weighted by molar-refractivity contribution is -0.142. The van der Waals surface area contributed by atoms with E-state index in [9.17, 15) is 44.1 Å². The molecule has 0 radical (unpaired) electrons. The highest BCUT2D eigenvalue weighted by Gasteiger charge is 2.32. The average molecular weight is 711 g/mol. The molecular formula is C31H50N8O9S. The van der Waals surface area contributed by atoms with E-state index in [4.69, 9.17) is 17.2 Å². The number of nitrogens with zero attached hydrogens (tertiary/aromatic N) is 1. The van der Waals surface area contributed by atoms with Crippen molar-refractivity contribution in [1.29, 1.82) is 0 Å². The number of carbonyl (C=O) groups excluding carboxylic acids is 4. The van der Waals surface area contributed by atoms with Gasteiger partial charge in [-0.2, -0.15) is 11.8 Å². The molecule has 5 atom stereocenters. The quantitative estimate of drug-likeness (QED) is 0.0371. The SMILES string of the molecule is CSCC[C@H](NC(=O)[C@@H](N)Cc1ccc(O)cc1)C(=O)N[C@@H](CCC(=O)O)C(=O)N[C@@H](CCCN=C(N)N)C(=O)N[C@@H](CC(C)C)C(=O)O. The largest absolute Gasteiger partial charge is 0.508 e. The summed E-state index contributed by atoms with van der Waals surface area (Å²) < 4.78 is 0. The van der Waals surface area contributed by atoms with Crippen molar-refractivity contribution in [2.24, 2.45) is 28.1 Å². The number of aliphatic imine (C=N–C) groups is 1. The molecule has 0 bridgehead atoms. The zero-order valence-electron chi connectivity index (χ0n) is 28.0. The van der Waals surface area contributed by atoms with Gasteiger partial charge in [0.25, 0.3) is 0 Å². The van der Waals surface area contributed by atoms with Gasteiger partial charge in [0, 0.05) is 13.0 Å². The monoisotopic (exact) mass is 710 g/mol. The molecule has 18 heteroatoms. The molecular weight excluding hydrogens is 660 g/mol. The van der Waals surface area contributed by atoms with E-state index >= 15 is 0 Å². The molecule has 0 saturated heterocycles. The first-order chi connectivity index (χ1) is 23.0. The van der Waals surface area contributed by atoms with Crippen LogP contribution < -0.4 is 38.5 Å². The number of carboxylic acids is 2. The molecule has 13 N–H and O–H groups in total. The van der Waals surface area contributed by atoms with E-state index in [0.717, 1.165) is 0 Å². The number of hydrogen-bond acceptors (Lipinski definition) is 10. The number of aliphatic carboxylic acids is 2. The van der Waals surface area contributed by atoms with E-state index < -0.39 is 72.2 Å². The molecule has 0 aliphatic rings. The van der Waals surface area contributed by atoms with Gasteiger partial charge in [-0.05, 0) is 74.1 Å². The van der Waals surface area contributed by atoms with Crippen molar-refractivity contribution >= 4 is 53.3 Å². The summed E-state index contributed by atoms with van der Waals surface area (Å²) in [5.74, 6) is -5.41. The number of aromatic hydroxyl groups is 1. The molecule has 0 fully saturated rings. The topological polar surface area (TPSA) is 302 Å². The molecule has 0 aromatic heterocycles. The number of thioether (sulfide) groups is 1. The van der Waals surface area contributed by atoms with Crippen LogP contribution in [0.15, 0.2) is 29.3 Å². The maximum Gasteiger partial charge on any atom is 0.326 e. The smallest absolute Gasteiger partial charge is 0.326 e. The summed E-state index contributed by atoms with van der Waals surface area (Å²) in [6.07, 6.45) is 1.49. The number of phenols is 1. The first-order valence-electron chi connectivity index (χ1n) is 15.8. The van der Waals surface area contributed by atoms with Gasteiger partial charge in [0.05, 0.1) is 6.04 Å². The normalized spacial score (nSPS) is 14.0. The third-order valence-electron chi connectivity index (χ3n) is 7.15. The maximum atomic E-state index is 13.5. The Morgan fingerprint density at radius 2 is 1.31 bits per heavy atom. The van der Waals surface area contributed by atoms with Crippen molar-refractivity contribution < 1.29 is 44.1 Å². The van der Waals surface area contributed by atoms with Gasteiger partial charge in [0.1, 0.15) is 29.9 Å². The first kappa shape index (κ1) is 42.4. The molecule has 274 valence electrons. The van der Waals surface area contributed by atoms with Crippen LogP contribution in [0.25, 0.3) is 0 Å². The van der Waals surface area contributed by atoms with E-state index in [-0.39, 0.29) is 62.7 Å². The molecule has 1 aromatic carbocycles. The zero-order valence-corrected chi connectivity index (χ0v) is 28.8. The second-order valence-electron chi connectivity index (χ2n) is 11.9. The number of nitrogens with one attached hydrogen (secondary N) is 4. The molecule has 0 aliphatic heterocycles. The summed E-state index contributed by atoms with van der Waals surface area (Å²) in [7, 11) is 0. The minimum atomic E-state index is -1.44. The van der Waals surface area contributed by atoms with E-state index in [2.05, 4.69) is 26.3 Å². The summed E-state index contributed by atoms with van der Waals surface area (Å²) in [6.45, 7) is 3.66. The number of phenolic OH excluding ortho intramolecular Hbond substituents is 1. The zero-order chi connectivity index (χ0) is 37.1. The van der Waals surface area contributed by atoms with Gasteiger partial charge in [-0.25, -0.2) is 4.79 Å². The molecule has 49 heavy (non-hydrogen) atoms. The number of nitrogens with two attached hydrogens (primary N) is 3. The summed E-state index contributed by atoms with van der Waals surface area (Å²) in [5, 5.41) is 38.5. The minimum Gasteiger partial charge on any atom is -0.508 e. The van der Waals surface area contributed by atoms with E-state index in [0.29, 0.717) is 11.3 Å². The van der Waals surface area contributed by atoms with Crippen LogP contribution in [0.4, 0.5) is 0 Å². The molecule has 0 saturated carbocycles. The Kier molecular flexibility index (Phi) is 19.2. The summed E-state index contributed by atoms with van der Waals surface area (Å²) in [4.78, 5) is 80.3. The lowest BCUT2D eigenvalue weighted by Gasteiger charge is -2.26. The van der Waals surface area contributed by atoms with Crippen LogP contribution in [0.1, 0.15) is 57.9 Å². The fraction of sp³-hybridized carbons (Fsp3) is 0.581. The molecule has 1 aromatic rings. The lowest BCUT2D eigenvalue weighted by Crippen LogP contribution is -2.58. The Morgan fingerprint density at radius 1 is 0.796 bits per heavy atom. The second-order valence-corrected chi connectivity index (χ2v) is 12.8. The van der Waals surface area contributed by atoms with Crippen LogP contribution in [0, 0.1) is 5.92 Å². The molecule has 0 unspecified atom stereocenters. The summed E-state index contributed by atoms with van der Waals surface area (Å²) in [5.41, 5.74) is 17.5. The molecule has 4 amide bonds. The van der Waals surface area contributed by atoms with Crippen molar-refractivity contribution in [1.82, 2.24) is 21.3 Å². The van der Waals surface area contributed by atoms with E-state index in [1.165, 1.54) is 23.9 Å². The van der Waals surface area contributed by atoms with Gasteiger partial charge in [0.15, 0.2) is 5.96 Å². The van der Waals surface area contributed by atoms with Crippen LogP contribution in [0.3, 0.4) is 0 Å². The fourth-order valence-electron chi connectivity index (χ4n) is 4.58. The second kappa shape index (κ2) is 22.1. The van der Waals surface area contributed by atoms with Crippen LogP contribution in [-0.4, -0.2) is 106 Å². The van der Waals surface area contributed by atoms with Crippen LogP contribution in [0.5, 0.6) is 5.75 Å². The number of amides is 4. The number of guanidine groups is 1. The van der Waals surface area contributed by atoms with Crippen molar-refractivity contribution in [2.45, 2.75) is 89.0 Å². The molecule has 0 heterocycles. The molecule has 1 rings (SSSR count). The lowest BCUT2D eigenvalue weighted by atomic mass is 10.0. The minimum absolute atomic E-state index is 0.0205. The number of rotatable bonds is 23. The van der Waals surface area contributed by atoms with Crippen molar-refractivity contribution in [2.75, 3.05) is 18.6 Å². The van der Waals surface area contributed by atoms with E-state index in [1.807, 2.05) is 0 Å². The Balaban J connectivity index is 3.19. The first-order valence-corrected chi connectivity index (χ1v) is 17.2. The third-order valence-corrected chi connectivity index (χ3v) is 7.80. The summed E-state index contributed by atoms with van der Waals surface area (Å²) >= 11 is 1.40. The molecule has 17 nitrogen and oxygen atoms in total. The standard InChI is InChI=1S/C31H50N8O9S/c1-17(2)15-24(30(47)48)39-27(44)21(5-4-13-35-31(33)34)37-28(45)22(10-11-25(41)42)38-29(46)23(12-14-49-3)36-26(43)20(32)16-18-6-8-19(40)9-7-18/h6-9,17,20-24,40H,4-5,10-16,32H2,1-3H3,(H,36,43)(H,37,45)(H,38,46)(H,39,44)(H,41,42)(H,47,48)(H4,33,34,35)/t20-,21-,22-,23-,24-/m0/s1. The highest BCUT2D eigenvalue weighted by Crippen LogP contribution is 2.12. The predicted molar refractivity (Wildman–Crippen MR) is 184 cm³/mol. The Labute approximate surface area is 289 Å². The molecule has 0 spiro atoms. The van der Waals surface area contributed by atoms with Crippen LogP contribution >= 0.6 is 11.8 Å². The number of benzene rings is 1. The number of carboxylic acid groups (broad SMARTS) is 2. The highest BCUT2D eigenvalue weighted by atomic mass is 32.2. The van der Waals surface area contributed by atoms with Gasteiger partial charge in [0.2, 0.25) is 23.6 Å². The van der Waals surface area contributed by atoms with Gasteiger partial charge >= 0.3 is 11.9 Å². The third kappa shape index (κ3) is 17.4. The van der Waals surface area contributed by atoms with E-state index in [1.54, 1.807) is 32.2 Å². The summed E-state index contributed by atoms with van der Waals surface area (Å²) in [6, 6.07) is -0.0589. The van der Waals surface area contributed by atoms with Gasteiger partial charge in [-0.1, -0.05) is 26.0 Å². The molecule has 0 aliphatic carbocycles. The van der Waals surface area contributed by atoms with Gasteiger partial charge in [-0.3, -0.25) is 29.0 Å². The Bertz CT molecular complexity index is 1290. The van der Waals surface area contributed by atoms with Crippen molar-refractivity contribution in [3.63, 3.8) is 0 Å². The number of hydrogen-bond donors (Lipinski definition) is 10. The maximum absolute atomic E-state index is 13.5. The Hall–Kier alpha value is -4.58. The van der Waals surface area contributed by atoms with Crippen molar-refractivity contribution in [3.8, 4) is 5.75 Å². The average Bonchev–Trinajstić information content (AvgIpc) is 3.02. The predicted octanol–water partition coefficient (Wildman–Crippen LogP) is -0.997. The van der Waals surface area contributed by atoms with Crippen molar-refractivity contribution in [3.05, 3.63) is 29.8 Å². The Morgan fingerprint density at radius 3 is 1.80 bits per heavy atom. The highest BCUT2D eigenvalue weighted by molar-refractivity contribution is 7.98. The number of carbonyl (C=O) groups is 6.